The lowest BCUT2D eigenvalue weighted by molar-refractivity contribution is 0.491. The molecule has 0 aromatic heterocycles. The average Bonchev–Trinajstić information content (AvgIpc) is 2.24. The van der Waals surface area contributed by atoms with E-state index in [0.29, 0.717) is 6.54 Å². The molecule has 0 aliphatic rings. The first-order valence-electron chi connectivity index (χ1n) is 6.08. The van der Waals surface area contributed by atoms with Gasteiger partial charge in [-0.05, 0) is 48.0 Å². The van der Waals surface area contributed by atoms with Gasteiger partial charge in [-0.3, -0.25) is 0 Å². The highest BCUT2D eigenvalue weighted by Crippen LogP contribution is 2.37. The van der Waals surface area contributed by atoms with Gasteiger partial charge in [0.25, 0.3) is 0 Å². The molecule has 2 nitrogen and oxygen atoms in total. The molecule has 0 heterocycles. The molecule has 1 rings (SSSR count). The van der Waals surface area contributed by atoms with Crippen molar-refractivity contribution in [3.63, 3.8) is 0 Å². The molecule has 4 heteroatoms. The van der Waals surface area contributed by atoms with Gasteiger partial charge < -0.3 is 4.43 Å². The molecule has 0 aliphatic carbocycles. The number of hydrogen-bond donors (Lipinski definition) is 0. The van der Waals surface area contributed by atoms with Crippen molar-refractivity contribution in [3.05, 3.63) is 29.8 Å². The number of rotatable bonds is 4. The SMILES string of the molecule is CC(C)(C)[Si](C)(C)Oc1cccc(CN=C=S)c1. The first kappa shape index (κ1) is 15.1. The highest BCUT2D eigenvalue weighted by Gasteiger charge is 2.38. The molecule has 0 aliphatic heterocycles. The number of benzene rings is 1. The maximum absolute atomic E-state index is 6.24. The first-order valence-corrected chi connectivity index (χ1v) is 9.39. The Morgan fingerprint density at radius 1 is 1.33 bits per heavy atom. The third-order valence-electron chi connectivity index (χ3n) is 3.40. The van der Waals surface area contributed by atoms with Crippen molar-refractivity contribution in [3.8, 4) is 5.75 Å². The Hall–Kier alpha value is -0.963. The number of isothiocyanates is 1. The summed E-state index contributed by atoms with van der Waals surface area (Å²) in [5.74, 6) is 0.929. The van der Waals surface area contributed by atoms with Gasteiger partial charge in [0.1, 0.15) is 5.75 Å². The third kappa shape index (κ3) is 4.05. The van der Waals surface area contributed by atoms with Gasteiger partial charge in [0.05, 0.1) is 11.7 Å². The van der Waals surface area contributed by atoms with E-state index in [2.05, 4.69) is 56.2 Å². The van der Waals surface area contributed by atoms with E-state index in [4.69, 9.17) is 4.43 Å². The van der Waals surface area contributed by atoms with Crippen molar-refractivity contribution in [2.75, 3.05) is 0 Å². The van der Waals surface area contributed by atoms with Gasteiger partial charge >= 0.3 is 0 Å². The fourth-order valence-corrected chi connectivity index (χ4v) is 2.37. The zero-order valence-corrected chi connectivity index (χ0v) is 13.6. The van der Waals surface area contributed by atoms with Gasteiger partial charge in [-0.25, -0.2) is 4.99 Å². The summed E-state index contributed by atoms with van der Waals surface area (Å²) in [6.07, 6.45) is 0. The van der Waals surface area contributed by atoms with E-state index in [1.807, 2.05) is 24.3 Å². The molecule has 0 bridgehead atoms. The predicted octanol–water partition coefficient (Wildman–Crippen LogP) is 4.67. The molecule has 0 unspecified atom stereocenters. The fourth-order valence-electron chi connectivity index (χ4n) is 1.28. The number of hydrogen-bond acceptors (Lipinski definition) is 3. The first-order chi connectivity index (χ1) is 8.26. The monoisotopic (exact) mass is 279 g/mol. The Morgan fingerprint density at radius 2 is 2.00 bits per heavy atom. The summed E-state index contributed by atoms with van der Waals surface area (Å²) in [7, 11) is -1.77. The molecule has 0 saturated heterocycles. The topological polar surface area (TPSA) is 21.6 Å². The van der Waals surface area contributed by atoms with Crippen LogP contribution in [0.1, 0.15) is 26.3 Å². The maximum atomic E-state index is 6.24. The van der Waals surface area contributed by atoms with Gasteiger partial charge in [0, 0.05) is 0 Å². The van der Waals surface area contributed by atoms with Gasteiger partial charge in [-0.15, -0.1) is 0 Å². The van der Waals surface area contributed by atoms with Crippen molar-refractivity contribution in [2.45, 2.75) is 45.4 Å². The summed E-state index contributed by atoms with van der Waals surface area (Å²) in [5, 5.41) is 2.59. The summed E-state index contributed by atoms with van der Waals surface area (Å²) in [6.45, 7) is 11.8. The van der Waals surface area contributed by atoms with Gasteiger partial charge in [0.2, 0.25) is 8.32 Å². The average molecular weight is 279 g/mol. The summed E-state index contributed by atoms with van der Waals surface area (Å²) in [6, 6.07) is 8.06. The molecule has 0 fully saturated rings. The van der Waals surface area contributed by atoms with Crippen molar-refractivity contribution >= 4 is 25.7 Å². The minimum atomic E-state index is -1.77. The predicted molar refractivity (Wildman–Crippen MR) is 83.0 cm³/mol. The highest BCUT2D eigenvalue weighted by atomic mass is 32.1. The Balaban J connectivity index is 2.88. The van der Waals surface area contributed by atoms with E-state index in [0.717, 1.165) is 11.3 Å². The molecular formula is C14H21NOSSi. The van der Waals surface area contributed by atoms with Crippen LogP contribution in [0.25, 0.3) is 0 Å². The van der Waals surface area contributed by atoms with Crippen LogP contribution in [0.4, 0.5) is 0 Å². The van der Waals surface area contributed by atoms with Crippen LogP contribution in [0, 0.1) is 0 Å². The number of nitrogens with zero attached hydrogens (tertiary/aromatic N) is 1. The quantitative estimate of drug-likeness (QED) is 0.454. The molecule has 98 valence electrons. The van der Waals surface area contributed by atoms with Crippen molar-refractivity contribution in [1.82, 2.24) is 0 Å². The van der Waals surface area contributed by atoms with E-state index < -0.39 is 8.32 Å². The van der Waals surface area contributed by atoms with Gasteiger partial charge in [-0.2, -0.15) is 0 Å². The van der Waals surface area contributed by atoms with E-state index in [-0.39, 0.29) is 5.04 Å². The molecule has 0 saturated carbocycles. The second kappa shape index (κ2) is 5.78. The van der Waals surface area contributed by atoms with Crippen molar-refractivity contribution in [1.29, 1.82) is 0 Å². The van der Waals surface area contributed by atoms with Crippen LogP contribution < -0.4 is 4.43 Å². The number of aliphatic imine (C=N–C) groups is 1. The van der Waals surface area contributed by atoms with E-state index >= 15 is 0 Å². The number of thiocarbonyl (C=S) groups is 1. The summed E-state index contributed by atoms with van der Waals surface area (Å²) in [4.78, 5) is 3.95. The van der Waals surface area contributed by atoms with Crippen LogP contribution in [-0.4, -0.2) is 13.5 Å². The Bertz CT molecular complexity index is 459. The molecule has 0 amide bonds. The second-order valence-corrected chi connectivity index (χ2v) is 10.8. The van der Waals surface area contributed by atoms with E-state index in [9.17, 15) is 0 Å². The van der Waals surface area contributed by atoms with Crippen LogP contribution in [0.15, 0.2) is 29.3 Å². The van der Waals surface area contributed by atoms with Crippen molar-refractivity contribution < 1.29 is 4.43 Å². The zero-order chi connectivity index (χ0) is 13.8. The fraction of sp³-hybridized carbons (Fsp3) is 0.500. The Kier molecular flexibility index (Phi) is 4.85. The smallest absolute Gasteiger partial charge is 0.250 e. The molecule has 18 heavy (non-hydrogen) atoms. The van der Waals surface area contributed by atoms with E-state index in [1.165, 1.54) is 0 Å². The maximum Gasteiger partial charge on any atom is 0.250 e. The lowest BCUT2D eigenvalue weighted by atomic mass is 10.2. The lowest BCUT2D eigenvalue weighted by Gasteiger charge is -2.36. The Morgan fingerprint density at radius 3 is 2.56 bits per heavy atom. The molecule has 0 radical (unpaired) electrons. The summed E-state index contributed by atoms with van der Waals surface area (Å²) < 4.78 is 6.24. The Labute approximate surface area is 116 Å². The zero-order valence-electron chi connectivity index (χ0n) is 11.8. The lowest BCUT2D eigenvalue weighted by Crippen LogP contribution is -2.43. The normalized spacial score (nSPS) is 11.8. The molecule has 0 N–H and O–H groups in total. The van der Waals surface area contributed by atoms with Crippen LogP contribution in [0.5, 0.6) is 5.75 Å². The van der Waals surface area contributed by atoms with Gasteiger partial charge in [-0.1, -0.05) is 32.9 Å². The minimum absolute atomic E-state index is 0.204. The van der Waals surface area contributed by atoms with Crippen LogP contribution in [-0.2, 0) is 6.54 Å². The third-order valence-corrected chi connectivity index (χ3v) is 7.89. The minimum Gasteiger partial charge on any atom is -0.543 e. The van der Waals surface area contributed by atoms with Gasteiger partial charge in [0.15, 0.2) is 0 Å². The van der Waals surface area contributed by atoms with E-state index in [1.54, 1.807) is 0 Å². The van der Waals surface area contributed by atoms with Crippen molar-refractivity contribution in [2.24, 2.45) is 4.99 Å². The largest absolute Gasteiger partial charge is 0.543 e. The molecule has 0 atom stereocenters. The standard InChI is InChI=1S/C14H21NOSSi/c1-14(2,3)18(4,5)16-13-8-6-7-12(9-13)10-15-11-17/h6-9H,10H2,1-5H3. The van der Waals surface area contributed by atoms with Crippen LogP contribution >= 0.6 is 12.2 Å². The summed E-state index contributed by atoms with van der Waals surface area (Å²) in [5.41, 5.74) is 1.10. The molecular weight excluding hydrogens is 258 g/mol. The summed E-state index contributed by atoms with van der Waals surface area (Å²) >= 11 is 4.58. The molecule has 1 aromatic carbocycles. The van der Waals surface area contributed by atoms with Crippen LogP contribution in [0.2, 0.25) is 18.1 Å². The molecule has 0 spiro atoms. The second-order valence-electron chi connectivity index (χ2n) is 5.92. The highest BCUT2D eigenvalue weighted by molar-refractivity contribution is 7.78. The van der Waals surface area contributed by atoms with Crippen LogP contribution in [0.3, 0.4) is 0 Å². The molecule has 1 aromatic rings.